The van der Waals surface area contributed by atoms with Crippen molar-refractivity contribution in [2.24, 2.45) is 5.10 Å². The molecule has 1 amide bonds. The van der Waals surface area contributed by atoms with Gasteiger partial charge in [0.15, 0.2) is 0 Å². The SMILES string of the molecule is CC(=NNC(=O)c1cccc(C(=O)O)c1)c1c(O)n(-c2ccc3c(c2)CCC3)c2ccc(F)cc12. The summed E-state index contributed by atoms with van der Waals surface area (Å²) in [6.07, 6.45) is 3.10. The highest BCUT2D eigenvalue weighted by Gasteiger charge is 2.22. The van der Waals surface area contributed by atoms with Gasteiger partial charge in [-0.3, -0.25) is 9.36 Å². The lowest BCUT2D eigenvalue weighted by Crippen LogP contribution is -2.19. The summed E-state index contributed by atoms with van der Waals surface area (Å²) in [5.74, 6) is -2.34. The van der Waals surface area contributed by atoms with E-state index in [2.05, 4.69) is 16.6 Å². The number of aromatic nitrogens is 1. The Morgan fingerprint density at radius 3 is 2.57 bits per heavy atom. The second kappa shape index (κ2) is 8.72. The second-order valence-electron chi connectivity index (χ2n) is 8.53. The predicted octanol–water partition coefficient (Wildman–Crippen LogP) is 4.82. The minimum Gasteiger partial charge on any atom is -0.494 e. The number of fused-ring (bicyclic) bond motifs is 2. The fraction of sp³-hybridized carbons (Fsp3) is 0.148. The summed E-state index contributed by atoms with van der Waals surface area (Å²) >= 11 is 0. The van der Waals surface area contributed by atoms with E-state index in [1.807, 2.05) is 12.1 Å². The Kier molecular flexibility index (Phi) is 5.56. The van der Waals surface area contributed by atoms with Crippen LogP contribution in [0.25, 0.3) is 16.6 Å². The number of hydrazone groups is 1. The molecule has 35 heavy (non-hydrogen) atoms. The van der Waals surface area contributed by atoms with Gasteiger partial charge in [-0.25, -0.2) is 14.6 Å². The van der Waals surface area contributed by atoms with Crippen molar-refractivity contribution in [1.29, 1.82) is 0 Å². The topological polar surface area (TPSA) is 104 Å². The maximum atomic E-state index is 14.2. The Balaban J connectivity index is 1.55. The Morgan fingerprint density at radius 1 is 1.00 bits per heavy atom. The molecule has 5 rings (SSSR count). The van der Waals surface area contributed by atoms with Gasteiger partial charge in [-0.15, -0.1) is 0 Å². The molecule has 8 heteroatoms. The predicted molar refractivity (Wildman–Crippen MR) is 130 cm³/mol. The monoisotopic (exact) mass is 471 g/mol. The molecule has 7 nitrogen and oxygen atoms in total. The van der Waals surface area contributed by atoms with Gasteiger partial charge in [-0.1, -0.05) is 12.1 Å². The zero-order valence-corrected chi connectivity index (χ0v) is 18.9. The lowest BCUT2D eigenvalue weighted by atomic mass is 10.1. The summed E-state index contributed by atoms with van der Waals surface area (Å²) in [5.41, 5.74) is 6.94. The summed E-state index contributed by atoms with van der Waals surface area (Å²) in [7, 11) is 0. The number of benzene rings is 3. The van der Waals surface area contributed by atoms with Crippen molar-refractivity contribution in [1.82, 2.24) is 9.99 Å². The first kappa shape index (κ1) is 22.3. The normalized spacial score (nSPS) is 13.1. The Labute approximate surface area is 200 Å². The van der Waals surface area contributed by atoms with Crippen molar-refractivity contribution in [2.75, 3.05) is 0 Å². The fourth-order valence-corrected chi connectivity index (χ4v) is 4.61. The van der Waals surface area contributed by atoms with Crippen LogP contribution in [0, 0.1) is 5.82 Å². The maximum Gasteiger partial charge on any atom is 0.335 e. The van der Waals surface area contributed by atoms with Gasteiger partial charge in [0.2, 0.25) is 5.88 Å². The number of aryl methyl sites for hydroxylation is 2. The molecule has 0 saturated heterocycles. The molecule has 0 bridgehead atoms. The first-order valence-corrected chi connectivity index (χ1v) is 11.2. The molecule has 0 aliphatic heterocycles. The molecule has 3 N–H and O–H groups in total. The molecule has 0 atom stereocenters. The van der Waals surface area contributed by atoms with Gasteiger partial charge in [-0.05, 0) is 85.8 Å². The van der Waals surface area contributed by atoms with Crippen LogP contribution in [-0.2, 0) is 12.8 Å². The van der Waals surface area contributed by atoms with Crippen LogP contribution in [0.2, 0.25) is 0 Å². The molecule has 1 aliphatic rings. The Hall–Kier alpha value is -4.46. The summed E-state index contributed by atoms with van der Waals surface area (Å²) in [6, 6.07) is 15.8. The molecule has 176 valence electrons. The van der Waals surface area contributed by atoms with E-state index < -0.39 is 17.7 Å². The van der Waals surface area contributed by atoms with E-state index in [-0.39, 0.29) is 22.7 Å². The van der Waals surface area contributed by atoms with E-state index in [1.165, 1.54) is 47.5 Å². The minimum absolute atomic E-state index is 0.0242. The molecule has 1 aliphatic carbocycles. The lowest BCUT2D eigenvalue weighted by molar-refractivity contribution is 0.0697. The fourth-order valence-electron chi connectivity index (χ4n) is 4.61. The van der Waals surface area contributed by atoms with Crippen molar-refractivity contribution in [2.45, 2.75) is 26.2 Å². The third-order valence-electron chi connectivity index (χ3n) is 6.30. The number of rotatable bonds is 5. The summed E-state index contributed by atoms with van der Waals surface area (Å²) in [5, 5.41) is 25.0. The quantitative estimate of drug-likeness (QED) is 0.287. The van der Waals surface area contributed by atoms with Crippen molar-refractivity contribution < 1.29 is 24.2 Å². The van der Waals surface area contributed by atoms with E-state index >= 15 is 0 Å². The van der Waals surface area contributed by atoms with Crippen LogP contribution in [0.15, 0.2) is 65.8 Å². The average molecular weight is 471 g/mol. The largest absolute Gasteiger partial charge is 0.494 e. The van der Waals surface area contributed by atoms with Crippen molar-refractivity contribution in [3.63, 3.8) is 0 Å². The van der Waals surface area contributed by atoms with Gasteiger partial charge in [0.1, 0.15) is 5.82 Å². The smallest absolute Gasteiger partial charge is 0.335 e. The zero-order chi connectivity index (χ0) is 24.7. The number of nitrogens with one attached hydrogen (secondary N) is 1. The molecular formula is C27H22FN3O4. The number of amides is 1. The Morgan fingerprint density at radius 2 is 1.77 bits per heavy atom. The van der Waals surface area contributed by atoms with Crippen LogP contribution in [0.5, 0.6) is 5.88 Å². The lowest BCUT2D eigenvalue weighted by Gasteiger charge is -2.10. The number of halogens is 1. The third kappa shape index (κ3) is 4.03. The molecule has 0 spiro atoms. The van der Waals surface area contributed by atoms with Crippen LogP contribution in [0.1, 0.15) is 50.8 Å². The van der Waals surface area contributed by atoms with Crippen LogP contribution in [0.3, 0.4) is 0 Å². The van der Waals surface area contributed by atoms with Gasteiger partial charge in [-0.2, -0.15) is 5.10 Å². The summed E-state index contributed by atoms with van der Waals surface area (Å²) < 4.78 is 15.8. The number of hydrogen-bond acceptors (Lipinski definition) is 4. The minimum atomic E-state index is -1.15. The number of hydrogen-bond donors (Lipinski definition) is 3. The highest BCUT2D eigenvalue weighted by atomic mass is 19.1. The van der Waals surface area contributed by atoms with E-state index in [1.54, 1.807) is 17.6 Å². The first-order chi connectivity index (χ1) is 16.8. The number of aromatic hydroxyl groups is 1. The second-order valence-corrected chi connectivity index (χ2v) is 8.53. The third-order valence-corrected chi connectivity index (χ3v) is 6.30. The highest BCUT2D eigenvalue weighted by Crippen LogP contribution is 2.36. The number of carboxylic acid groups (broad SMARTS) is 1. The number of carbonyl (C=O) groups is 2. The number of carboxylic acids is 1. The first-order valence-electron chi connectivity index (χ1n) is 11.2. The van der Waals surface area contributed by atoms with E-state index in [9.17, 15) is 19.1 Å². The Bertz CT molecular complexity index is 1540. The molecular weight excluding hydrogens is 449 g/mol. The standard InChI is InChI=1S/C27H22FN3O4/c1-15(29-30-25(32)18-6-3-7-19(12-18)27(34)35)24-22-14-20(28)9-11-23(22)31(26(24)33)21-10-8-16-4-2-5-17(16)13-21/h3,6-14,33H,2,4-5H2,1H3,(H,30,32)(H,34,35). The van der Waals surface area contributed by atoms with Crippen molar-refractivity contribution in [3.8, 4) is 11.6 Å². The van der Waals surface area contributed by atoms with Crippen LogP contribution < -0.4 is 5.43 Å². The molecule has 1 aromatic heterocycles. The molecule has 0 fully saturated rings. The summed E-state index contributed by atoms with van der Waals surface area (Å²) in [6.45, 7) is 1.60. The van der Waals surface area contributed by atoms with Crippen LogP contribution in [-0.4, -0.2) is 32.4 Å². The number of nitrogens with zero attached hydrogens (tertiary/aromatic N) is 2. The van der Waals surface area contributed by atoms with Crippen molar-refractivity contribution >= 4 is 28.5 Å². The van der Waals surface area contributed by atoms with Gasteiger partial charge in [0.05, 0.1) is 22.4 Å². The molecule has 0 saturated carbocycles. The van der Waals surface area contributed by atoms with E-state index in [0.717, 1.165) is 24.9 Å². The maximum absolute atomic E-state index is 14.2. The van der Waals surface area contributed by atoms with Gasteiger partial charge < -0.3 is 10.2 Å². The molecule has 0 radical (unpaired) electrons. The van der Waals surface area contributed by atoms with Crippen molar-refractivity contribution in [3.05, 3.63) is 94.3 Å². The molecule has 0 unspecified atom stereocenters. The zero-order valence-electron chi connectivity index (χ0n) is 18.9. The number of carbonyl (C=O) groups excluding carboxylic acids is 1. The molecule has 4 aromatic rings. The number of aromatic carboxylic acids is 1. The van der Waals surface area contributed by atoms with E-state index in [0.29, 0.717) is 16.5 Å². The van der Waals surface area contributed by atoms with Crippen LogP contribution >= 0.6 is 0 Å². The van der Waals surface area contributed by atoms with Gasteiger partial charge >= 0.3 is 5.97 Å². The highest BCUT2D eigenvalue weighted by molar-refractivity contribution is 6.13. The summed E-state index contributed by atoms with van der Waals surface area (Å²) in [4.78, 5) is 23.7. The average Bonchev–Trinajstić information content (AvgIpc) is 3.43. The van der Waals surface area contributed by atoms with Crippen LogP contribution in [0.4, 0.5) is 4.39 Å². The van der Waals surface area contributed by atoms with Gasteiger partial charge in [0.25, 0.3) is 5.91 Å². The van der Waals surface area contributed by atoms with E-state index in [4.69, 9.17) is 5.11 Å². The van der Waals surface area contributed by atoms with Gasteiger partial charge in [0, 0.05) is 16.6 Å². The molecule has 1 heterocycles. The molecule has 3 aromatic carbocycles.